The lowest BCUT2D eigenvalue weighted by Crippen LogP contribution is -2.28. The Morgan fingerprint density at radius 3 is 2.88 bits per heavy atom. The van der Waals surface area contributed by atoms with Crippen LogP contribution in [-0.2, 0) is 0 Å². The molecule has 1 amide bonds. The Bertz CT molecular complexity index is 436. The molecule has 5 heteroatoms. The number of halogens is 1. The number of likely N-dealkylation sites (tertiary alicyclic amines) is 1. The van der Waals surface area contributed by atoms with E-state index in [4.69, 9.17) is 11.6 Å². The fourth-order valence-electron chi connectivity index (χ4n) is 2.01. The Labute approximate surface area is 104 Å². The van der Waals surface area contributed by atoms with Gasteiger partial charge in [-0.05, 0) is 30.5 Å². The smallest absolute Gasteiger partial charge is 0.257 e. The van der Waals surface area contributed by atoms with Crippen molar-refractivity contribution in [1.82, 2.24) is 4.90 Å². The highest BCUT2D eigenvalue weighted by Crippen LogP contribution is 2.26. The average molecular weight is 256 g/mol. The minimum Gasteiger partial charge on any atom is -0.508 e. The monoisotopic (exact) mass is 255 g/mol. The molecule has 0 aromatic heterocycles. The quantitative estimate of drug-likeness (QED) is 0.626. The molecule has 2 rings (SSSR count). The minimum absolute atomic E-state index is 0.0285. The van der Waals surface area contributed by atoms with Gasteiger partial charge in [0.05, 0.1) is 5.56 Å². The molecule has 1 fully saturated rings. The number of aromatic hydroxyl groups is 2. The van der Waals surface area contributed by atoms with Gasteiger partial charge in [0.2, 0.25) is 0 Å². The van der Waals surface area contributed by atoms with Crippen LogP contribution in [0.1, 0.15) is 16.8 Å². The summed E-state index contributed by atoms with van der Waals surface area (Å²) >= 11 is 5.75. The maximum Gasteiger partial charge on any atom is 0.257 e. The van der Waals surface area contributed by atoms with Gasteiger partial charge in [0.15, 0.2) is 0 Å². The topological polar surface area (TPSA) is 60.8 Å². The largest absolute Gasteiger partial charge is 0.508 e. The predicted molar refractivity (Wildman–Crippen MR) is 64.5 cm³/mol. The van der Waals surface area contributed by atoms with E-state index in [9.17, 15) is 15.0 Å². The van der Waals surface area contributed by atoms with Crippen molar-refractivity contribution in [3.05, 3.63) is 23.8 Å². The molecule has 1 aromatic rings. The standard InChI is InChI=1S/C12H14ClNO3/c13-6-8-3-4-14(7-8)12(17)10-5-9(15)1-2-11(10)16/h1-2,5,8,15-16H,3-4,6-7H2. The van der Waals surface area contributed by atoms with Gasteiger partial charge in [-0.15, -0.1) is 11.6 Å². The van der Waals surface area contributed by atoms with Gasteiger partial charge in [0.25, 0.3) is 5.91 Å². The predicted octanol–water partition coefficient (Wildman–Crippen LogP) is 1.80. The zero-order valence-corrected chi connectivity index (χ0v) is 10.0. The molecule has 0 spiro atoms. The van der Waals surface area contributed by atoms with Crippen LogP contribution in [0.25, 0.3) is 0 Å². The van der Waals surface area contributed by atoms with Crippen LogP contribution in [0.4, 0.5) is 0 Å². The van der Waals surface area contributed by atoms with Gasteiger partial charge in [-0.1, -0.05) is 0 Å². The van der Waals surface area contributed by atoms with Crippen LogP contribution in [0.5, 0.6) is 11.5 Å². The van der Waals surface area contributed by atoms with Crippen molar-refractivity contribution in [2.24, 2.45) is 5.92 Å². The lowest BCUT2D eigenvalue weighted by Gasteiger charge is -2.16. The molecule has 1 saturated heterocycles. The van der Waals surface area contributed by atoms with Crippen molar-refractivity contribution in [2.75, 3.05) is 19.0 Å². The third-order valence-corrected chi connectivity index (χ3v) is 3.44. The van der Waals surface area contributed by atoms with E-state index >= 15 is 0 Å². The molecule has 92 valence electrons. The molecule has 0 radical (unpaired) electrons. The molecule has 1 atom stereocenters. The van der Waals surface area contributed by atoms with Crippen molar-refractivity contribution >= 4 is 17.5 Å². The Kier molecular flexibility index (Phi) is 3.43. The highest BCUT2D eigenvalue weighted by molar-refractivity contribution is 6.18. The number of carbonyl (C=O) groups is 1. The summed E-state index contributed by atoms with van der Waals surface area (Å²) < 4.78 is 0. The highest BCUT2D eigenvalue weighted by atomic mass is 35.5. The van der Waals surface area contributed by atoms with Gasteiger partial charge >= 0.3 is 0 Å². The number of hydrogen-bond acceptors (Lipinski definition) is 3. The summed E-state index contributed by atoms with van der Waals surface area (Å²) in [5, 5.41) is 18.9. The maximum absolute atomic E-state index is 12.1. The minimum atomic E-state index is -0.258. The van der Waals surface area contributed by atoms with Crippen LogP contribution in [0.15, 0.2) is 18.2 Å². The average Bonchev–Trinajstić information content (AvgIpc) is 2.80. The molecular formula is C12H14ClNO3. The van der Waals surface area contributed by atoms with Gasteiger partial charge < -0.3 is 15.1 Å². The molecule has 1 unspecified atom stereocenters. The van der Waals surface area contributed by atoms with Crippen LogP contribution in [0, 0.1) is 5.92 Å². The number of hydrogen-bond donors (Lipinski definition) is 2. The number of alkyl halides is 1. The Morgan fingerprint density at radius 1 is 1.47 bits per heavy atom. The van der Waals surface area contributed by atoms with E-state index in [0.29, 0.717) is 24.9 Å². The first-order valence-corrected chi connectivity index (χ1v) is 6.02. The van der Waals surface area contributed by atoms with Gasteiger partial charge in [-0.25, -0.2) is 0 Å². The van der Waals surface area contributed by atoms with E-state index in [0.717, 1.165) is 6.42 Å². The summed E-state index contributed by atoms with van der Waals surface area (Å²) in [7, 11) is 0. The second kappa shape index (κ2) is 4.84. The molecule has 17 heavy (non-hydrogen) atoms. The number of benzene rings is 1. The number of phenolic OH excluding ortho intramolecular Hbond substituents is 2. The van der Waals surface area contributed by atoms with Crippen molar-refractivity contribution in [2.45, 2.75) is 6.42 Å². The first kappa shape index (κ1) is 12.0. The van der Waals surface area contributed by atoms with Crippen molar-refractivity contribution in [3.8, 4) is 11.5 Å². The molecule has 4 nitrogen and oxygen atoms in total. The molecule has 0 saturated carbocycles. The number of carbonyl (C=O) groups excluding carboxylic acids is 1. The summed E-state index contributed by atoms with van der Waals surface area (Å²) in [5.41, 5.74) is 0.139. The number of amides is 1. The SMILES string of the molecule is O=C(c1cc(O)ccc1O)N1CCC(CCl)C1. The lowest BCUT2D eigenvalue weighted by atomic mass is 10.1. The normalized spacial score (nSPS) is 19.6. The fourth-order valence-corrected chi connectivity index (χ4v) is 2.26. The van der Waals surface area contributed by atoms with Crippen LogP contribution >= 0.6 is 11.6 Å². The Balaban J connectivity index is 2.17. The molecule has 1 heterocycles. The second-order valence-electron chi connectivity index (χ2n) is 4.26. The van der Waals surface area contributed by atoms with Gasteiger partial charge in [-0.3, -0.25) is 4.79 Å². The second-order valence-corrected chi connectivity index (χ2v) is 4.57. The lowest BCUT2D eigenvalue weighted by molar-refractivity contribution is 0.0785. The summed E-state index contributed by atoms with van der Waals surface area (Å²) in [6.45, 7) is 1.25. The Hall–Kier alpha value is -1.42. The van der Waals surface area contributed by atoms with E-state index in [2.05, 4.69) is 0 Å². The third kappa shape index (κ3) is 2.47. The molecule has 0 bridgehead atoms. The molecule has 2 N–H and O–H groups in total. The molecular weight excluding hydrogens is 242 g/mol. The molecule has 1 aromatic carbocycles. The van der Waals surface area contributed by atoms with E-state index in [-0.39, 0.29) is 23.0 Å². The maximum atomic E-state index is 12.1. The Morgan fingerprint density at radius 2 is 2.24 bits per heavy atom. The van der Waals surface area contributed by atoms with Crippen molar-refractivity contribution < 1.29 is 15.0 Å². The first-order chi connectivity index (χ1) is 8.11. The summed E-state index contributed by atoms with van der Waals surface area (Å²) in [5.74, 6) is 0.461. The number of phenols is 2. The van der Waals surface area contributed by atoms with Gasteiger partial charge in [-0.2, -0.15) is 0 Å². The fraction of sp³-hybridized carbons (Fsp3) is 0.417. The van der Waals surface area contributed by atoms with Crippen LogP contribution in [0.3, 0.4) is 0 Å². The zero-order chi connectivity index (χ0) is 12.4. The van der Waals surface area contributed by atoms with Crippen LogP contribution in [-0.4, -0.2) is 40.0 Å². The van der Waals surface area contributed by atoms with Gasteiger partial charge in [0.1, 0.15) is 11.5 Å². The first-order valence-electron chi connectivity index (χ1n) is 5.49. The molecule has 0 aliphatic carbocycles. The number of nitrogens with zero attached hydrogens (tertiary/aromatic N) is 1. The third-order valence-electron chi connectivity index (χ3n) is 3.00. The van der Waals surface area contributed by atoms with E-state index in [1.807, 2.05) is 0 Å². The summed E-state index contributed by atoms with van der Waals surface area (Å²) in [4.78, 5) is 13.7. The zero-order valence-electron chi connectivity index (χ0n) is 9.27. The summed E-state index contributed by atoms with van der Waals surface area (Å²) in [6.07, 6.45) is 0.884. The van der Waals surface area contributed by atoms with E-state index < -0.39 is 0 Å². The summed E-state index contributed by atoms with van der Waals surface area (Å²) in [6, 6.07) is 3.95. The van der Waals surface area contributed by atoms with Crippen molar-refractivity contribution in [1.29, 1.82) is 0 Å². The van der Waals surface area contributed by atoms with Crippen LogP contribution in [0.2, 0.25) is 0 Å². The molecule has 1 aliphatic rings. The van der Waals surface area contributed by atoms with E-state index in [1.54, 1.807) is 4.90 Å². The van der Waals surface area contributed by atoms with Crippen molar-refractivity contribution in [3.63, 3.8) is 0 Å². The van der Waals surface area contributed by atoms with Gasteiger partial charge in [0, 0.05) is 19.0 Å². The highest BCUT2D eigenvalue weighted by Gasteiger charge is 2.27. The van der Waals surface area contributed by atoms with Crippen LogP contribution < -0.4 is 0 Å². The van der Waals surface area contributed by atoms with E-state index in [1.165, 1.54) is 18.2 Å². The number of rotatable bonds is 2. The molecule has 1 aliphatic heterocycles.